The van der Waals surface area contributed by atoms with Crippen molar-refractivity contribution >= 4 is 62.9 Å². The number of ether oxygens (including phenoxy) is 2. The van der Waals surface area contributed by atoms with Crippen LogP contribution in [0.1, 0.15) is 260 Å². The number of unbranched alkanes of at least 4 members (excludes halogenated alkanes) is 20. The first-order chi connectivity index (χ1) is 42.3. The Morgan fingerprint density at radius 2 is 1.09 bits per heavy atom. The molecule has 7 N–H and O–H groups in total. The van der Waals surface area contributed by atoms with E-state index in [4.69, 9.17) is 9.47 Å². The third-order valence-electron chi connectivity index (χ3n) is 14.7. The first-order valence-corrected chi connectivity index (χ1v) is 34.3. The van der Waals surface area contributed by atoms with E-state index in [0.29, 0.717) is 58.6 Å². The monoisotopic (exact) mass is 1260 g/mol. The van der Waals surface area contributed by atoms with Crippen LogP contribution in [0.25, 0.3) is 0 Å². The molecule has 4 amide bonds. The standard InChI is InChI=1S/C46H81N7O11S.C18H27NO4/c1-2-38(54)31-32-40(46(61)62)48-43(57)33-30-37(45(59)60)36-39(55)26-21-17-13-9-8-12-16-20-24-34-47-42(56)29-25-35-65(63,64)51-44(58)28-23-19-15-11-7-5-3-4-6-10-14-18-22-27-41-49-52-53-50-41;1-3-11-22-12-13-23-14-18(21)19-10-4-5-17(20)16-8-6-15(2)7-9-16/h37,40H,2-36H2,1H3,(H,47,56)(H,48,57)(H,51,58)(H,59,60)(H,61,62)(H,49,50,52,53);6-9H,3-5,10-14H2,1-2H3,(H,19,21)/t37-,40+;/m1./s1. The second kappa shape index (κ2) is 52.9. The average Bonchev–Trinajstić information content (AvgIpc) is 4.19. The van der Waals surface area contributed by atoms with Gasteiger partial charge >= 0.3 is 11.9 Å². The molecule has 1 aromatic heterocycles. The number of aryl methyl sites for hydroxylation is 2. The van der Waals surface area contributed by atoms with Gasteiger partial charge in [0.1, 0.15) is 24.2 Å². The summed E-state index contributed by atoms with van der Waals surface area (Å²) in [6.07, 6.45) is 26.3. The molecule has 23 nitrogen and oxygen atoms in total. The molecule has 0 saturated carbocycles. The molecule has 88 heavy (non-hydrogen) atoms. The zero-order valence-electron chi connectivity index (χ0n) is 53.3. The van der Waals surface area contributed by atoms with Crippen LogP contribution in [-0.4, -0.2) is 143 Å². The lowest BCUT2D eigenvalue weighted by atomic mass is 9.94. The molecule has 24 heteroatoms. The number of benzene rings is 1. The van der Waals surface area contributed by atoms with Gasteiger partial charge in [-0.2, -0.15) is 5.21 Å². The molecule has 2 rings (SSSR count). The van der Waals surface area contributed by atoms with Gasteiger partial charge in [-0.15, -0.1) is 10.2 Å². The second-order valence-electron chi connectivity index (χ2n) is 22.8. The van der Waals surface area contributed by atoms with Crippen LogP contribution in [0.5, 0.6) is 0 Å². The Kier molecular flexibility index (Phi) is 48.1. The lowest BCUT2D eigenvalue weighted by Crippen LogP contribution is -2.41. The minimum absolute atomic E-state index is 0.0202. The molecule has 2 aromatic rings. The van der Waals surface area contributed by atoms with Crippen molar-refractivity contribution in [1.82, 2.24) is 41.3 Å². The Morgan fingerprint density at radius 1 is 0.545 bits per heavy atom. The number of aliphatic carboxylic acids is 2. The molecule has 0 radical (unpaired) electrons. The maximum absolute atomic E-state index is 12.4. The third kappa shape index (κ3) is 47.1. The Morgan fingerprint density at radius 3 is 1.66 bits per heavy atom. The summed E-state index contributed by atoms with van der Waals surface area (Å²) in [5.41, 5.74) is 1.85. The van der Waals surface area contributed by atoms with Gasteiger partial charge < -0.3 is 35.6 Å². The highest BCUT2D eigenvalue weighted by Crippen LogP contribution is 2.18. The molecule has 1 heterocycles. The number of hydrogen-bond acceptors (Lipinski definition) is 16. The molecule has 0 aliphatic heterocycles. The molecule has 0 fully saturated rings. The number of sulfonamides is 1. The van der Waals surface area contributed by atoms with Crippen LogP contribution >= 0.6 is 0 Å². The Labute approximate surface area is 523 Å². The van der Waals surface area contributed by atoms with Crippen molar-refractivity contribution in [3.8, 4) is 0 Å². The van der Waals surface area contributed by atoms with Gasteiger partial charge in [-0.3, -0.25) is 43.1 Å². The maximum atomic E-state index is 12.4. The van der Waals surface area contributed by atoms with E-state index in [1.165, 1.54) is 51.4 Å². The molecule has 0 saturated heterocycles. The molecular formula is C64H108N8O15S. The van der Waals surface area contributed by atoms with Crippen LogP contribution in [-0.2, 0) is 64.3 Å². The zero-order chi connectivity index (χ0) is 64.9. The molecule has 0 unspecified atom stereocenters. The van der Waals surface area contributed by atoms with Crippen LogP contribution in [0.2, 0.25) is 0 Å². The Bertz CT molecular complexity index is 2360. The fourth-order valence-corrected chi connectivity index (χ4v) is 10.5. The van der Waals surface area contributed by atoms with Crippen molar-refractivity contribution in [2.24, 2.45) is 5.92 Å². The number of Topliss-reactive ketones (excluding diaryl/α,β-unsaturated/α-hetero) is 3. The molecule has 0 spiro atoms. The van der Waals surface area contributed by atoms with Gasteiger partial charge in [0.05, 0.1) is 24.9 Å². The van der Waals surface area contributed by atoms with E-state index in [0.717, 1.165) is 107 Å². The molecule has 2 atom stereocenters. The summed E-state index contributed by atoms with van der Waals surface area (Å²) in [5, 5.41) is 40.8. The van der Waals surface area contributed by atoms with Crippen LogP contribution in [0.3, 0.4) is 0 Å². The lowest BCUT2D eigenvalue weighted by Gasteiger charge is -2.15. The number of tetrazole rings is 1. The van der Waals surface area contributed by atoms with Gasteiger partial charge in [0.2, 0.25) is 33.7 Å². The summed E-state index contributed by atoms with van der Waals surface area (Å²) in [7, 11) is -3.78. The Hall–Kier alpha value is -6.01. The van der Waals surface area contributed by atoms with Gasteiger partial charge in [0.25, 0.3) is 0 Å². The van der Waals surface area contributed by atoms with Gasteiger partial charge in [-0.1, -0.05) is 164 Å². The van der Waals surface area contributed by atoms with Crippen molar-refractivity contribution in [2.75, 3.05) is 45.3 Å². The number of carboxylic acids is 2. The fraction of sp³-hybridized carbons (Fsp3) is 0.750. The number of nitrogens with one attached hydrogen (secondary N) is 5. The van der Waals surface area contributed by atoms with E-state index in [9.17, 15) is 61.8 Å². The Balaban J connectivity index is 0.00000140. The van der Waals surface area contributed by atoms with E-state index in [-0.39, 0.29) is 106 Å². The number of amides is 4. The number of nitrogens with zero attached hydrogens (tertiary/aromatic N) is 3. The summed E-state index contributed by atoms with van der Waals surface area (Å²) in [4.78, 5) is 107. The van der Waals surface area contributed by atoms with Gasteiger partial charge in [-0.05, 0) is 64.7 Å². The topological polar surface area (TPSA) is 349 Å². The van der Waals surface area contributed by atoms with Crippen molar-refractivity contribution in [3.63, 3.8) is 0 Å². The SMILES string of the molecule is CCC(=O)CC[C@H](NC(=O)CC[C@H](CC(=O)CCCCCCCCCCCNC(=O)CCCS(=O)(=O)NC(=O)CCCCCCCCCCCCCCCc1nn[nH]n1)C(=O)O)C(=O)O.CCCOCCOCC(=O)NCCCC(=O)c1ccc(C)cc1. The van der Waals surface area contributed by atoms with E-state index in [2.05, 4.69) is 41.3 Å². The van der Waals surface area contributed by atoms with Crippen molar-refractivity contribution in [3.05, 3.63) is 41.2 Å². The number of carbonyl (C=O) groups excluding carboxylic acids is 7. The number of ketones is 3. The number of carbonyl (C=O) groups is 9. The average molecular weight is 1260 g/mol. The van der Waals surface area contributed by atoms with Crippen LogP contribution < -0.4 is 20.7 Å². The summed E-state index contributed by atoms with van der Waals surface area (Å²) < 4.78 is 37.2. The highest BCUT2D eigenvalue weighted by atomic mass is 32.2. The number of hydrogen-bond donors (Lipinski definition) is 7. The number of rotatable bonds is 57. The van der Waals surface area contributed by atoms with Crippen LogP contribution in [0, 0.1) is 12.8 Å². The maximum Gasteiger partial charge on any atom is 0.326 e. The molecule has 0 aliphatic carbocycles. The minimum Gasteiger partial charge on any atom is -0.481 e. The predicted molar refractivity (Wildman–Crippen MR) is 337 cm³/mol. The van der Waals surface area contributed by atoms with Crippen LogP contribution in [0.4, 0.5) is 0 Å². The molecule has 1 aromatic carbocycles. The highest BCUT2D eigenvalue weighted by Gasteiger charge is 2.25. The number of aromatic nitrogens is 4. The van der Waals surface area contributed by atoms with E-state index in [1.54, 1.807) is 6.92 Å². The molecular weight excluding hydrogens is 1150 g/mol. The number of aromatic amines is 1. The van der Waals surface area contributed by atoms with E-state index >= 15 is 0 Å². The molecule has 500 valence electrons. The van der Waals surface area contributed by atoms with Crippen molar-refractivity contribution in [2.45, 2.75) is 258 Å². The first-order valence-electron chi connectivity index (χ1n) is 32.7. The third-order valence-corrected chi connectivity index (χ3v) is 16.1. The highest BCUT2D eigenvalue weighted by molar-refractivity contribution is 7.90. The molecule has 0 aliphatic rings. The van der Waals surface area contributed by atoms with Gasteiger partial charge in [0.15, 0.2) is 11.6 Å². The van der Waals surface area contributed by atoms with E-state index < -0.39 is 45.7 Å². The smallest absolute Gasteiger partial charge is 0.326 e. The minimum atomic E-state index is -3.78. The summed E-state index contributed by atoms with van der Waals surface area (Å²) in [5.74, 6) is -4.67. The summed E-state index contributed by atoms with van der Waals surface area (Å²) in [6, 6.07) is 6.29. The summed E-state index contributed by atoms with van der Waals surface area (Å²) >= 11 is 0. The van der Waals surface area contributed by atoms with Crippen molar-refractivity contribution < 1.29 is 71.3 Å². The summed E-state index contributed by atoms with van der Waals surface area (Å²) in [6.45, 7) is 8.35. The largest absolute Gasteiger partial charge is 0.481 e. The van der Waals surface area contributed by atoms with E-state index in [1.807, 2.05) is 38.1 Å². The second-order valence-corrected chi connectivity index (χ2v) is 24.6. The quantitative estimate of drug-likeness (QED) is 0.0239. The lowest BCUT2D eigenvalue weighted by molar-refractivity contribution is -0.145. The fourth-order valence-electron chi connectivity index (χ4n) is 9.44. The molecule has 0 bridgehead atoms. The number of carboxylic acid groups (broad SMARTS) is 2. The number of H-pyrrole nitrogens is 1. The van der Waals surface area contributed by atoms with Gasteiger partial charge in [0, 0.05) is 83.0 Å². The first kappa shape index (κ1) is 80.0. The van der Waals surface area contributed by atoms with Gasteiger partial charge in [-0.25, -0.2) is 13.2 Å². The normalized spacial score (nSPS) is 11.9. The van der Waals surface area contributed by atoms with Crippen molar-refractivity contribution in [1.29, 1.82) is 0 Å². The predicted octanol–water partition coefficient (Wildman–Crippen LogP) is 9.73. The van der Waals surface area contributed by atoms with Crippen LogP contribution in [0.15, 0.2) is 24.3 Å². The zero-order valence-corrected chi connectivity index (χ0v) is 54.1.